The van der Waals surface area contributed by atoms with Crippen molar-refractivity contribution in [1.82, 2.24) is 9.80 Å². The Labute approximate surface area is 76.9 Å². The highest BCUT2D eigenvalue weighted by atomic mass is 16.4. The number of likely N-dealkylation sites (N-methyl/N-ethyl adjacent to an activating group) is 1. The van der Waals surface area contributed by atoms with E-state index in [1.807, 2.05) is 11.9 Å². The number of rotatable bonds is 3. The third-order valence-electron chi connectivity index (χ3n) is 2.28. The highest BCUT2D eigenvalue weighted by molar-refractivity contribution is 5.68. The van der Waals surface area contributed by atoms with Crippen molar-refractivity contribution in [3.63, 3.8) is 0 Å². The summed E-state index contributed by atoms with van der Waals surface area (Å²) < 4.78 is 0. The van der Waals surface area contributed by atoms with E-state index >= 15 is 0 Å². The summed E-state index contributed by atoms with van der Waals surface area (Å²) in [6, 6.07) is -0.172. The summed E-state index contributed by atoms with van der Waals surface area (Å²) in [5.41, 5.74) is 0. The monoisotopic (exact) mass is 186 g/mol. The second-order valence-corrected chi connectivity index (χ2v) is 3.36. The van der Waals surface area contributed by atoms with Crippen LogP contribution in [0.15, 0.2) is 0 Å². The molecule has 0 aromatic rings. The normalized spacial score (nSPS) is 24.4. The molecule has 1 saturated heterocycles. The zero-order chi connectivity index (χ0) is 9.84. The number of hydrogen-bond acceptors (Lipinski definition) is 3. The van der Waals surface area contributed by atoms with Crippen LogP contribution in [0.4, 0.5) is 0 Å². The van der Waals surface area contributed by atoms with E-state index in [1.165, 1.54) is 0 Å². The summed E-state index contributed by atoms with van der Waals surface area (Å²) in [6.45, 7) is 2.08. The first-order valence-corrected chi connectivity index (χ1v) is 4.25. The van der Waals surface area contributed by atoms with Gasteiger partial charge in [-0.05, 0) is 7.05 Å². The van der Waals surface area contributed by atoms with Crippen molar-refractivity contribution in [3.8, 4) is 0 Å². The molecule has 1 rings (SSSR count). The van der Waals surface area contributed by atoms with Gasteiger partial charge in [-0.25, -0.2) is 0 Å². The number of hydrogen-bond donors (Lipinski definition) is 1. The van der Waals surface area contributed by atoms with Gasteiger partial charge in [-0.2, -0.15) is 0 Å². The maximum Gasteiger partial charge on any atom is 0.305 e. The number of piperazine rings is 1. The summed E-state index contributed by atoms with van der Waals surface area (Å²) >= 11 is 0. The molecule has 5 heteroatoms. The van der Waals surface area contributed by atoms with Crippen molar-refractivity contribution >= 4 is 12.4 Å². The van der Waals surface area contributed by atoms with Crippen LogP contribution >= 0.6 is 0 Å². The lowest BCUT2D eigenvalue weighted by molar-refractivity contribution is -0.139. The maximum atomic E-state index is 10.6. The predicted octanol–water partition coefficient (Wildman–Crippen LogP) is -0.766. The fraction of sp³-hybridized carbons (Fsp3) is 0.750. The van der Waals surface area contributed by atoms with Gasteiger partial charge in [0, 0.05) is 19.6 Å². The lowest BCUT2D eigenvalue weighted by atomic mass is 10.1. The Bertz CT molecular complexity index is 208. The van der Waals surface area contributed by atoms with Crippen molar-refractivity contribution in [2.24, 2.45) is 0 Å². The van der Waals surface area contributed by atoms with E-state index in [1.54, 1.807) is 4.90 Å². The highest BCUT2D eigenvalue weighted by Crippen LogP contribution is 2.09. The molecule has 5 nitrogen and oxygen atoms in total. The van der Waals surface area contributed by atoms with Crippen LogP contribution in [0.5, 0.6) is 0 Å². The topological polar surface area (TPSA) is 60.9 Å². The second kappa shape index (κ2) is 4.23. The lowest BCUT2D eigenvalue weighted by Crippen LogP contribution is -2.51. The van der Waals surface area contributed by atoms with Crippen molar-refractivity contribution < 1.29 is 14.7 Å². The van der Waals surface area contributed by atoms with Gasteiger partial charge in [-0.1, -0.05) is 0 Å². The standard InChI is InChI=1S/C8H14N2O3/c1-9-2-3-10(6-11)7(5-9)4-8(12)13/h6-7H,2-5H2,1H3,(H,12,13). The Morgan fingerprint density at radius 2 is 2.31 bits per heavy atom. The molecule has 0 aromatic heterocycles. The van der Waals surface area contributed by atoms with Crippen LogP contribution in [0, 0.1) is 0 Å². The Hall–Kier alpha value is -1.10. The second-order valence-electron chi connectivity index (χ2n) is 3.36. The van der Waals surface area contributed by atoms with Gasteiger partial charge >= 0.3 is 5.97 Å². The number of nitrogens with zero attached hydrogens (tertiary/aromatic N) is 2. The van der Waals surface area contributed by atoms with Crippen LogP contribution in [-0.4, -0.2) is 60.0 Å². The number of carboxylic acid groups (broad SMARTS) is 1. The summed E-state index contributed by atoms with van der Waals surface area (Å²) in [7, 11) is 1.93. The molecule has 1 fully saturated rings. The fourth-order valence-corrected chi connectivity index (χ4v) is 1.55. The molecule has 0 spiro atoms. The van der Waals surface area contributed by atoms with Crippen LogP contribution in [-0.2, 0) is 9.59 Å². The van der Waals surface area contributed by atoms with Crippen LogP contribution in [0.1, 0.15) is 6.42 Å². The quantitative estimate of drug-likeness (QED) is 0.588. The summed E-state index contributed by atoms with van der Waals surface area (Å²) in [5.74, 6) is -0.854. The van der Waals surface area contributed by atoms with Crippen LogP contribution in [0.2, 0.25) is 0 Å². The molecular formula is C8H14N2O3. The highest BCUT2D eigenvalue weighted by Gasteiger charge is 2.25. The first-order valence-electron chi connectivity index (χ1n) is 4.25. The molecule has 74 valence electrons. The molecule has 1 N–H and O–H groups in total. The van der Waals surface area contributed by atoms with E-state index in [0.29, 0.717) is 13.1 Å². The van der Waals surface area contributed by atoms with Crippen molar-refractivity contribution in [3.05, 3.63) is 0 Å². The van der Waals surface area contributed by atoms with Gasteiger partial charge in [0.2, 0.25) is 6.41 Å². The van der Waals surface area contributed by atoms with Gasteiger partial charge in [-0.15, -0.1) is 0 Å². The first kappa shape index (κ1) is 9.98. The minimum absolute atomic E-state index is 0.0308. The lowest BCUT2D eigenvalue weighted by Gasteiger charge is -2.36. The molecule has 1 aliphatic rings. The average molecular weight is 186 g/mol. The minimum Gasteiger partial charge on any atom is -0.481 e. The van der Waals surface area contributed by atoms with Gasteiger partial charge in [-0.3, -0.25) is 9.59 Å². The third kappa shape index (κ3) is 2.69. The maximum absolute atomic E-state index is 10.6. The van der Waals surface area contributed by atoms with Gasteiger partial charge in [0.25, 0.3) is 0 Å². The summed E-state index contributed by atoms with van der Waals surface area (Å²) in [6.07, 6.45) is 0.768. The van der Waals surface area contributed by atoms with Crippen molar-refractivity contribution in [1.29, 1.82) is 0 Å². The Morgan fingerprint density at radius 1 is 1.62 bits per heavy atom. The minimum atomic E-state index is -0.854. The van der Waals surface area contributed by atoms with Gasteiger partial charge in [0.15, 0.2) is 0 Å². The zero-order valence-corrected chi connectivity index (χ0v) is 7.64. The Balaban J connectivity index is 2.54. The van der Waals surface area contributed by atoms with Gasteiger partial charge in [0.1, 0.15) is 0 Å². The summed E-state index contributed by atoms with van der Waals surface area (Å²) in [5, 5.41) is 8.60. The molecule has 1 aliphatic heterocycles. The molecule has 13 heavy (non-hydrogen) atoms. The number of carboxylic acids is 1. The molecule has 1 amide bonds. The molecule has 0 aliphatic carbocycles. The molecular weight excluding hydrogens is 172 g/mol. The molecule has 0 radical (unpaired) electrons. The number of amides is 1. The largest absolute Gasteiger partial charge is 0.481 e. The number of carbonyl (C=O) groups is 2. The van der Waals surface area contributed by atoms with Crippen molar-refractivity contribution in [2.45, 2.75) is 12.5 Å². The van der Waals surface area contributed by atoms with Crippen LogP contribution < -0.4 is 0 Å². The molecule has 0 saturated carbocycles. The summed E-state index contributed by atoms with van der Waals surface area (Å²) in [4.78, 5) is 24.6. The molecule has 1 heterocycles. The van der Waals surface area contributed by atoms with Crippen LogP contribution in [0.25, 0.3) is 0 Å². The Morgan fingerprint density at radius 3 is 2.85 bits per heavy atom. The molecule has 0 aromatic carbocycles. The van der Waals surface area contributed by atoms with Gasteiger partial charge in [0.05, 0.1) is 12.5 Å². The van der Waals surface area contributed by atoms with Gasteiger partial charge < -0.3 is 14.9 Å². The van der Waals surface area contributed by atoms with E-state index in [4.69, 9.17) is 5.11 Å². The van der Waals surface area contributed by atoms with E-state index in [0.717, 1.165) is 13.0 Å². The third-order valence-corrected chi connectivity index (χ3v) is 2.28. The average Bonchev–Trinajstić information content (AvgIpc) is 2.03. The number of aliphatic carboxylic acids is 1. The van der Waals surface area contributed by atoms with E-state index < -0.39 is 5.97 Å². The SMILES string of the molecule is CN1CCN(C=O)C(CC(=O)O)C1. The number of carbonyl (C=O) groups excluding carboxylic acids is 1. The van der Waals surface area contributed by atoms with E-state index in [9.17, 15) is 9.59 Å². The first-order chi connectivity index (χ1) is 6.13. The molecule has 1 unspecified atom stereocenters. The van der Waals surface area contributed by atoms with Crippen LogP contribution in [0.3, 0.4) is 0 Å². The van der Waals surface area contributed by atoms with E-state index in [-0.39, 0.29) is 12.5 Å². The molecule has 1 atom stereocenters. The van der Waals surface area contributed by atoms with E-state index in [2.05, 4.69) is 0 Å². The Kier molecular flexibility index (Phi) is 3.25. The fourth-order valence-electron chi connectivity index (χ4n) is 1.55. The zero-order valence-electron chi connectivity index (χ0n) is 7.64. The van der Waals surface area contributed by atoms with Crippen molar-refractivity contribution in [2.75, 3.05) is 26.7 Å². The molecule has 0 bridgehead atoms. The smallest absolute Gasteiger partial charge is 0.305 e. The predicted molar refractivity (Wildman–Crippen MR) is 46.3 cm³/mol.